The lowest BCUT2D eigenvalue weighted by Gasteiger charge is -2.07. The first-order valence-electron chi connectivity index (χ1n) is 9.57. The largest absolute Gasteiger partial charge is 0.497 e. The normalized spacial score (nSPS) is 13.4. The molecule has 160 valence electrons. The van der Waals surface area contributed by atoms with Crippen LogP contribution in [0.25, 0.3) is 6.08 Å². The first kappa shape index (κ1) is 20.8. The van der Waals surface area contributed by atoms with E-state index in [-0.39, 0.29) is 29.6 Å². The summed E-state index contributed by atoms with van der Waals surface area (Å²) in [5.41, 5.74) is 1.39. The van der Waals surface area contributed by atoms with Crippen molar-refractivity contribution in [3.8, 4) is 17.2 Å². The summed E-state index contributed by atoms with van der Waals surface area (Å²) in [6.45, 7) is -0.265. The van der Waals surface area contributed by atoms with E-state index in [9.17, 15) is 19.7 Å². The molecule has 8 nitrogen and oxygen atoms in total. The van der Waals surface area contributed by atoms with E-state index in [0.29, 0.717) is 28.4 Å². The maximum atomic E-state index is 12.6. The monoisotopic (exact) mass is 431 g/mol. The average molecular weight is 431 g/mol. The van der Waals surface area contributed by atoms with E-state index in [1.165, 1.54) is 24.3 Å². The number of hydrogen-bond donors (Lipinski definition) is 0. The molecule has 1 heterocycles. The van der Waals surface area contributed by atoms with Crippen LogP contribution in [0.4, 0.5) is 5.69 Å². The minimum Gasteiger partial charge on any atom is -0.497 e. The molecule has 1 aliphatic rings. The molecule has 1 aliphatic heterocycles. The van der Waals surface area contributed by atoms with Crippen LogP contribution in [-0.2, 0) is 0 Å². The quantitative estimate of drug-likeness (QED) is 0.235. The third kappa shape index (κ3) is 4.34. The number of ketones is 2. The Morgan fingerprint density at radius 2 is 1.72 bits per heavy atom. The molecule has 0 bridgehead atoms. The second-order valence-corrected chi connectivity index (χ2v) is 6.89. The molecule has 0 N–H and O–H groups in total. The van der Waals surface area contributed by atoms with Gasteiger partial charge in [0.2, 0.25) is 5.78 Å². The second-order valence-electron chi connectivity index (χ2n) is 6.89. The van der Waals surface area contributed by atoms with Crippen molar-refractivity contribution in [3.63, 3.8) is 0 Å². The number of nitrogens with zero attached hydrogens (tertiary/aromatic N) is 1. The van der Waals surface area contributed by atoms with Crippen molar-refractivity contribution in [2.45, 2.75) is 0 Å². The van der Waals surface area contributed by atoms with E-state index < -0.39 is 4.92 Å². The molecule has 0 amide bonds. The van der Waals surface area contributed by atoms with Gasteiger partial charge >= 0.3 is 0 Å². The van der Waals surface area contributed by atoms with Crippen LogP contribution in [0.15, 0.2) is 72.5 Å². The fraction of sp³-hybridized carbons (Fsp3) is 0.0833. The molecule has 0 unspecified atom stereocenters. The number of nitro groups is 1. The van der Waals surface area contributed by atoms with Gasteiger partial charge in [0.1, 0.15) is 17.2 Å². The van der Waals surface area contributed by atoms with Crippen LogP contribution in [0.5, 0.6) is 17.2 Å². The molecule has 0 fully saturated rings. The van der Waals surface area contributed by atoms with Crippen LogP contribution < -0.4 is 14.2 Å². The number of non-ortho nitro benzene ring substituents is 1. The van der Waals surface area contributed by atoms with Crippen LogP contribution in [0.3, 0.4) is 0 Å². The highest BCUT2D eigenvalue weighted by molar-refractivity contribution is 6.14. The lowest BCUT2D eigenvalue weighted by Crippen LogP contribution is -2.11. The Morgan fingerprint density at radius 1 is 1.03 bits per heavy atom. The number of benzene rings is 3. The Balaban J connectivity index is 1.43. The van der Waals surface area contributed by atoms with Gasteiger partial charge in [-0.05, 0) is 48.0 Å². The number of carbonyl (C=O) groups excluding carboxylic acids is 2. The average Bonchev–Trinajstić information content (AvgIpc) is 3.12. The molecule has 0 atom stereocenters. The Morgan fingerprint density at radius 3 is 2.38 bits per heavy atom. The number of allylic oxidation sites excluding steroid dienone is 1. The zero-order valence-corrected chi connectivity index (χ0v) is 16.9. The summed E-state index contributed by atoms with van der Waals surface area (Å²) in [5, 5.41) is 10.7. The van der Waals surface area contributed by atoms with Crippen molar-refractivity contribution in [3.05, 3.63) is 99.3 Å². The first-order valence-corrected chi connectivity index (χ1v) is 9.57. The molecule has 0 saturated carbocycles. The Kier molecular flexibility index (Phi) is 5.67. The van der Waals surface area contributed by atoms with Crippen LogP contribution in [0.2, 0.25) is 0 Å². The highest BCUT2D eigenvalue weighted by Crippen LogP contribution is 2.35. The summed E-state index contributed by atoms with van der Waals surface area (Å²) >= 11 is 0. The summed E-state index contributed by atoms with van der Waals surface area (Å²) in [7, 11) is 1.58. The van der Waals surface area contributed by atoms with Crippen LogP contribution >= 0.6 is 0 Å². The number of ether oxygens (including phenoxy) is 3. The van der Waals surface area contributed by atoms with Gasteiger partial charge in [0, 0.05) is 23.8 Å². The molecule has 0 saturated heterocycles. The van der Waals surface area contributed by atoms with Crippen LogP contribution in [0, 0.1) is 10.1 Å². The maximum absolute atomic E-state index is 12.6. The molecule has 0 spiro atoms. The predicted octanol–water partition coefficient (Wildman–Crippen LogP) is 4.48. The second kappa shape index (κ2) is 8.73. The summed E-state index contributed by atoms with van der Waals surface area (Å²) < 4.78 is 16.4. The number of methoxy groups -OCH3 is 1. The standard InChI is InChI=1S/C24H17NO7/c1-30-18-8-2-15(3-9-18)12-23-24(27)20-11-10-19(13-22(20)32-23)31-14-21(26)16-4-6-17(7-5-16)25(28)29/h2-13H,14H2,1H3/b23-12-. The fourth-order valence-electron chi connectivity index (χ4n) is 3.11. The lowest BCUT2D eigenvalue weighted by atomic mass is 10.1. The van der Waals surface area contributed by atoms with Crippen molar-refractivity contribution >= 4 is 23.3 Å². The summed E-state index contributed by atoms with van der Waals surface area (Å²) in [6.07, 6.45) is 1.64. The molecule has 32 heavy (non-hydrogen) atoms. The van der Waals surface area contributed by atoms with Gasteiger partial charge in [-0.3, -0.25) is 19.7 Å². The topological polar surface area (TPSA) is 105 Å². The summed E-state index contributed by atoms with van der Waals surface area (Å²) in [6, 6.07) is 17.2. The van der Waals surface area contributed by atoms with Gasteiger partial charge in [-0.25, -0.2) is 0 Å². The lowest BCUT2D eigenvalue weighted by molar-refractivity contribution is -0.384. The van der Waals surface area contributed by atoms with Gasteiger partial charge in [0.05, 0.1) is 17.6 Å². The number of hydrogen-bond acceptors (Lipinski definition) is 7. The molecule has 0 radical (unpaired) electrons. The minimum absolute atomic E-state index is 0.0959. The van der Waals surface area contributed by atoms with Crippen LogP contribution in [0.1, 0.15) is 26.3 Å². The minimum atomic E-state index is -0.534. The van der Waals surface area contributed by atoms with Gasteiger partial charge in [-0.1, -0.05) is 12.1 Å². The molecule has 0 aromatic heterocycles. The molecular weight excluding hydrogens is 414 g/mol. The number of Topliss-reactive ketones (excluding diaryl/α,β-unsaturated/α-hetero) is 2. The van der Waals surface area contributed by atoms with Gasteiger partial charge in [0.15, 0.2) is 18.1 Å². The van der Waals surface area contributed by atoms with E-state index >= 15 is 0 Å². The molecule has 4 rings (SSSR count). The van der Waals surface area contributed by atoms with Crippen molar-refractivity contribution in [2.75, 3.05) is 13.7 Å². The van der Waals surface area contributed by atoms with Gasteiger partial charge in [0.25, 0.3) is 5.69 Å². The molecule has 8 heteroatoms. The first-order chi connectivity index (χ1) is 15.4. The molecule has 0 aliphatic carbocycles. The van der Waals surface area contributed by atoms with Gasteiger partial charge < -0.3 is 14.2 Å². The highest BCUT2D eigenvalue weighted by atomic mass is 16.6. The molecule has 3 aromatic rings. The Bertz CT molecular complexity index is 1230. The van der Waals surface area contributed by atoms with E-state index in [2.05, 4.69) is 0 Å². The summed E-state index contributed by atoms with van der Waals surface area (Å²) in [4.78, 5) is 35.1. The van der Waals surface area contributed by atoms with E-state index in [1.54, 1.807) is 43.5 Å². The Labute approximate surface area is 182 Å². The smallest absolute Gasteiger partial charge is 0.269 e. The fourth-order valence-corrected chi connectivity index (χ4v) is 3.11. The zero-order valence-electron chi connectivity index (χ0n) is 16.9. The van der Waals surface area contributed by atoms with E-state index in [1.807, 2.05) is 12.1 Å². The van der Waals surface area contributed by atoms with E-state index in [0.717, 1.165) is 5.56 Å². The molecule has 3 aromatic carbocycles. The number of rotatable bonds is 7. The highest BCUT2D eigenvalue weighted by Gasteiger charge is 2.27. The number of carbonyl (C=O) groups is 2. The Hall–Kier alpha value is -4.46. The van der Waals surface area contributed by atoms with Gasteiger partial charge in [-0.15, -0.1) is 0 Å². The maximum Gasteiger partial charge on any atom is 0.269 e. The number of fused-ring (bicyclic) bond motifs is 1. The van der Waals surface area contributed by atoms with Crippen molar-refractivity contribution in [2.24, 2.45) is 0 Å². The zero-order chi connectivity index (χ0) is 22.7. The third-order valence-electron chi connectivity index (χ3n) is 4.83. The number of nitro benzene ring substituents is 1. The van der Waals surface area contributed by atoms with E-state index in [4.69, 9.17) is 14.2 Å². The van der Waals surface area contributed by atoms with Crippen molar-refractivity contribution in [1.82, 2.24) is 0 Å². The molecular formula is C24H17NO7. The summed E-state index contributed by atoms with van der Waals surface area (Å²) in [5.74, 6) is 1.01. The van der Waals surface area contributed by atoms with Crippen molar-refractivity contribution in [1.29, 1.82) is 0 Å². The third-order valence-corrected chi connectivity index (χ3v) is 4.83. The van der Waals surface area contributed by atoms with Crippen LogP contribution in [-0.4, -0.2) is 30.2 Å². The predicted molar refractivity (Wildman–Crippen MR) is 115 cm³/mol. The van der Waals surface area contributed by atoms with Gasteiger partial charge in [-0.2, -0.15) is 0 Å². The van der Waals surface area contributed by atoms with Crippen molar-refractivity contribution < 1.29 is 28.7 Å². The SMILES string of the molecule is COc1ccc(/C=C2\Oc3cc(OCC(=O)c4ccc([N+](=O)[O-])cc4)ccc3C2=O)cc1.